The first-order valence-electron chi connectivity index (χ1n) is 9.37. The fraction of sp³-hybridized carbons (Fsp3) is 0.333. The molecule has 0 aliphatic carbocycles. The molecule has 2 amide bonds. The molecule has 1 aliphatic rings. The number of hydrogen-bond acceptors (Lipinski definition) is 4. The zero-order valence-electron chi connectivity index (χ0n) is 15.8. The van der Waals surface area contributed by atoms with Gasteiger partial charge in [-0.25, -0.2) is 4.39 Å². The van der Waals surface area contributed by atoms with Crippen LogP contribution in [-0.2, 0) is 0 Å². The van der Waals surface area contributed by atoms with Crippen molar-refractivity contribution < 1.29 is 14.0 Å². The minimum Gasteiger partial charge on any atom is -0.366 e. The predicted molar refractivity (Wildman–Crippen MR) is 108 cm³/mol. The second-order valence-electron chi connectivity index (χ2n) is 6.77. The highest BCUT2D eigenvalue weighted by molar-refractivity contribution is 7.99. The number of likely N-dealkylation sites (N-methyl/N-ethyl adjacent to an activating group) is 1. The molecule has 3 N–H and O–H groups in total. The third-order valence-electron chi connectivity index (χ3n) is 4.95. The highest BCUT2D eigenvalue weighted by Gasteiger charge is 2.23. The average Bonchev–Trinajstić information content (AvgIpc) is 3.15. The van der Waals surface area contributed by atoms with E-state index in [-0.39, 0.29) is 17.3 Å². The molecule has 1 fully saturated rings. The molecule has 1 aliphatic heterocycles. The quantitative estimate of drug-likeness (QED) is 0.747. The van der Waals surface area contributed by atoms with E-state index in [0.29, 0.717) is 23.0 Å². The Morgan fingerprint density at radius 2 is 2.00 bits per heavy atom. The van der Waals surface area contributed by atoms with Gasteiger partial charge in [0.2, 0.25) is 5.91 Å². The highest BCUT2D eigenvalue weighted by Crippen LogP contribution is 2.31. The summed E-state index contributed by atoms with van der Waals surface area (Å²) in [6.07, 6.45) is 2.23. The van der Waals surface area contributed by atoms with E-state index in [4.69, 9.17) is 5.73 Å². The summed E-state index contributed by atoms with van der Waals surface area (Å²) >= 11 is 1.30. The van der Waals surface area contributed by atoms with Gasteiger partial charge in [0, 0.05) is 27.9 Å². The lowest BCUT2D eigenvalue weighted by Gasteiger charge is -2.23. The first-order chi connectivity index (χ1) is 13.5. The van der Waals surface area contributed by atoms with Gasteiger partial charge >= 0.3 is 0 Å². The Kier molecular flexibility index (Phi) is 6.70. The summed E-state index contributed by atoms with van der Waals surface area (Å²) in [6, 6.07) is 11.2. The number of nitrogens with one attached hydrogen (secondary N) is 1. The summed E-state index contributed by atoms with van der Waals surface area (Å²) in [5, 5.41) is 2.97. The number of benzene rings is 2. The van der Waals surface area contributed by atoms with Gasteiger partial charge in [-0.2, -0.15) is 0 Å². The number of nitrogens with two attached hydrogens (primary N) is 1. The first-order valence-corrected chi connectivity index (χ1v) is 10.2. The van der Waals surface area contributed by atoms with E-state index in [1.165, 1.54) is 30.0 Å². The number of primary amides is 1. The molecule has 3 rings (SSSR count). The van der Waals surface area contributed by atoms with E-state index >= 15 is 0 Å². The Bertz CT molecular complexity index is 857. The van der Waals surface area contributed by atoms with E-state index in [1.807, 2.05) is 0 Å². The molecule has 0 radical (unpaired) electrons. The summed E-state index contributed by atoms with van der Waals surface area (Å²) in [5.41, 5.74) is 6.20. The van der Waals surface area contributed by atoms with Crippen LogP contribution < -0.4 is 11.1 Å². The number of rotatable bonds is 7. The Hall–Kier alpha value is -2.38. The average molecular weight is 402 g/mol. The lowest BCUT2D eigenvalue weighted by molar-refractivity contribution is 0.0941. The summed E-state index contributed by atoms with van der Waals surface area (Å²) < 4.78 is 13.1. The molecular weight excluding hydrogens is 377 g/mol. The fourth-order valence-corrected chi connectivity index (χ4v) is 4.37. The largest absolute Gasteiger partial charge is 0.366 e. The van der Waals surface area contributed by atoms with Crippen LogP contribution in [0, 0.1) is 5.82 Å². The molecule has 1 saturated heterocycles. The van der Waals surface area contributed by atoms with Gasteiger partial charge in [0.05, 0.1) is 5.56 Å². The second-order valence-corrected chi connectivity index (χ2v) is 7.88. The van der Waals surface area contributed by atoms with Crippen LogP contribution in [0.5, 0.6) is 0 Å². The zero-order valence-corrected chi connectivity index (χ0v) is 16.6. The fourth-order valence-electron chi connectivity index (χ4n) is 3.44. The van der Waals surface area contributed by atoms with Gasteiger partial charge in [0.1, 0.15) is 5.82 Å². The maximum absolute atomic E-state index is 13.1. The molecule has 2 aromatic rings. The van der Waals surface area contributed by atoms with Crippen molar-refractivity contribution in [2.45, 2.75) is 35.6 Å². The molecule has 0 bridgehead atoms. The van der Waals surface area contributed by atoms with Crippen LogP contribution in [0.15, 0.2) is 52.3 Å². The summed E-state index contributed by atoms with van der Waals surface area (Å²) in [7, 11) is 0. The van der Waals surface area contributed by atoms with Crippen molar-refractivity contribution in [3.05, 3.63) is 59.4 Å². The van der Waals surface area contributed by atoms with E-state index in [2.05, 4.69) is 17.1 Å². The Labute approximate surface area is 168 Å². The summed E-state index contributed by atoms with van der Waals surface area (Å²) in [4.78, 5) is 28.2. The van der Waals surface area contributed by atoms with Crippen molar-refractivity contribution in [3.8, 4) is 0 Å². The minimum atomic E-state index is -0.604. The smallest absolute Gasteiger partial charge is 0.251 e. The van der Waals surface area contributed by atoms with Crippen molar-refractivity contribution in [1.29, 1.82) is 0 Å². The molecule has 0 spiro atoms. The zero-order chi connectivity index (χ0) is 20.1. The number of likely N-dealkylation sites (tertiary alicyclic amines) is 1. The predicted octanol–water partition coefficient (Wildman–Crippen LogP) is 3.29. The highest BCUT2D eigenvalue weighted by atomic mass is 32.2. The van der Waals surface area contributed by atoms with Crippen molar-refractivity contribution in [3.63, 3.8) is 0 Å². The molecule has 1 atom stereocenters. The maximum atomic E-state index is 13.1. The molecule has 7 heteroatoms. The molecule has 1 unspecified atom stereocenters. The SMILES string of the molecule is CCN1CCCC1CNC(=O)c1ccc(Sc2ccc(F)cc2)c(C(N)=O)c1. The molecule has 2 aromatic carbocycles. The van der Waals surface area contributed by atoms with Crippen LogP contribution in [0.25, 0.3) is 0 Å². The normalized spacial score (nSPS) is 16.9. The monoisotopic (exact) mass is 401 g/mol. The lowest BCUT2D eigenvalue weighted by atomic mass is 10.1. The molecule has 1 heterocycles. The van der Waals surface area contributed by atoms with Gasteiger partial charge in [-0.05, 0) is 68.4 Å². The van der Waals surface area contributed by atoms with Crippen molar-refractivity contribution >= 4 is 23.6 Å². The first kappa shape index (κ1) is 20.4. The van der Waals surface area contributed by atoms with Crippen LogP contribution in [0.2, 0.25) is 0 Å². The Balaban J connectivity index is 1.71. The van der Waals surface area contributed by atoms with Gasteiger partial charge in [-0.15, -0.1) is 0 Å². The second kappa shape index (κ2) is 9.21. The van der Waals surface area contributed by atoms with Crippen molar-refractivity contribution in [2.24, 2.45) is 5.73 Å². The maximum Gasteiger partial charge on any atom is 0.251 e. The van der Waals surface area contributed by atoms with Gasteiger partial charge < -0.3 is 11.1 Å². The third kappa shape index (κ3) is 4.91. The van der Waals surface area contributed by atoms with Gasteiger partial charge in [0.15, 0.2) is 0 Å². The van der Waals surface area contributed by atoms with Gasteiger partial charge in [-0.1, -0.05) is 18.7 Å². The number of carbonyl (C=O) groups is 2. The number of hydrogen-bond donors (Lipinski definition) is 2. The number of amides is 2. The van der Waals surface area contributed by atoms with Crippen LogP contribution >= 0.6 is 11.8 Å². The molecular formula is C21H24FN3O2S. The number of nitrogens with zero attached hydrogens (tertiary/aromatic N) is 1. The Morgan fingerprint density at radius 3 is 2.68 bits per heavy atom. The van der Waals surface area contributed by atoms with Crippen molar-refractivity contribution in [2.75, 3.05) is 19.6 Å². The topological polar surface area (TPSA) is 75.4 Å². The van der Waals surface area contributed by atoms with Crippen molar-refractivity contribution in [1.82, 2.24) is 10.2 Å². The number of halogens is 1. The van der Waals surface area contributed by atoms with E-state index in [0.717, 1.165) is 30.8 Å². The molecule has 5 nitrogen and oxygen atoms in total. The van der Waals surface area contributed by atoms with E-state index in [1.54, 1.807) is 24.3 Å². The Morgan fingerprint density at radius 1 is 1.25 bits per heavy atom. The van der Waals surface area contributed by atoms with Crippen LogP contribution in [0.1, 0.15) is 40.5 Å². The van der Waals surface area contributed by atoms with Crippen LogP contribution in [0.4, 0.5) is 4.39 Å². The van der Waals surface area contributed by atoms with Gasteiger partial charge in [0.25, 0.3) is 5.91 Å². The van der Waals surface area contributed by atoms with Crippen LogP contribution in [0.3, 0.4) is 0 Å². The molecule has 148 valence electrons. The van der Waals surface area contributed by atoms with E-state index in [9.17, 15) is 14.0 Å². The molecule has 0 saturated carbocycles. The molecule has 0 aromatic heterocycles. The minimum absolute atomic E-state index is 0.219. The van der Waals surface area contributed by atoms with E-state index < -0.39 is 5.91 Å². The number of carbonyl (C=O) groups excluding carboxylic acids is 2. The molecule has 28 heavy (non-hydrogen) atoms. The summed E-state index contributed by atoms with van der Waals surface area (Å²) in [5.74, 6) is -1.15. The third-order valence-corrected chi connectivity index (χ3v) is 6.04. The summed E-state index contributed by atoms with van der Waals surface area (Å²) in [6.45, 7) is 4.75. The lowest BCUT2D eigenvalue weighted by Crippen LogP contribution is -2.40. The van der Waals surface area contributed by atoms with Crippen LogP contribution in [-0.4, -0.2) is 42.4 Å². The van der Waals surface area contributed by atoms with Gasteiger partial charge in [-0.3, -0.25) is 14.5 Å². The standard InChI is InChI=1S/C21H24FN3O2S/c1-2-25-11-3-4-16(25)13-24-21(27)14-5-10-19(18(12-14)20(23)26)28-17-8-6-15(22)7-9-17/h5-10,12,16H,2-4,11,13H2,1H3,(H2,23,26)(H,24,27).